The lowest BCUT2D eigenvalue weighted by molar-refractivity contribution is -0.134. The van der Waals surface area contributed by atoms with Gasteiger partial charge in [0.25, 0.3) is 5.91 Å². The molecule has 138 valence electrons. The Hall–Kier alpha value is -2.39. The number of hydrogen-bond acceptors (Lipinski definition) is 4. The second-order valence-corrected chi connectivity index (χ2v) is 7.26. The smallest absolute Gasteiger partial charge is 0.251 e. The van der Waals surface area contributed by atoms with E-state index in [0.29, 0.717) is 16.7 Å². The highest BCUT2D eigenvalue weighted by molar-refractivity contribution is 5.96. The van der Waals surface area contributed by atoms with Gasteiger partial charge in [-0.2, -0.15) is 5.26 Å². The number of nitriles is 1. The van der Waals surface area contributed by atoms with Crippen molar-refractivity contribution in [2.24, 2.45) is 5.92 Å². The zero-order valence-electron chi connectivity index (χ0n) is 15.2. The third kappa shape index (κ3) is 3.88. The average molecular weight is 355 g/mol. The van der Waals surface area contributed by atoms with Crippen LogP contribution in [0.15, 0.2) is 18.2 Å². The number of ether oxygens (including phenoxy) is 1. The lowest BCUT2D eigenvalue weighted by Crippen LogP contribution is -2.55. The highest BCUT2D eigenvalue weighted by Crippen LogP contribution is 2.25. The number of amides is 2. The van der Waals surface area contributed by atoms with Gasteiger partial charge in [0, 0.05) is 24.3 Å². The lowest BCUT2D eigenvalue weighted by Gasteiger charge is -2.38. The molecule has 0 radical (unpaired) electrons. The average Bonchev–Trinajstić information content (AvgIpc) is 2.60. The van der Waals surface area contributed by atoms with Gasteiger partial charge < -0.3 is 15.4 Å². The zero-order chi connectivity index (χ0) is 18.7. The van der Waals surface area contributed by atoms with Gasteiger partial charge in [0.1, 0.15) is 0 Å². The number of hydrogen-bond donors (Lipinski definition) is 2. The van der Waals surface area contributed by atoms with Crippen molar-refractivity contribution in [3.05, 3.63) is 34.9 Å². The van der Waals surface area contributed by atoms with Crippen molar-refractivity contribution >= 4 is 11.8 Å². The number of nitrogens with zero attached hydrogens (tertiary/aromatic N) is 1. The van der Waals surface area contributed by atoms with Crippen molar-refractivity contribution in [2.45, 2.75) is 57.7 Å². The molecule has 2 atom stereocenters. The SMILES string of the molecule is Cc1c(C#N)cccc1C(=O)NC1CC(NC(=O)C2CCCOC2C)C1. The van der Waals surface area contributed by atoms with Gasteiger partial charge >= 0.3 is 0 Å². The van der Waals surface area contributed by atoms with E-state index in [9.17, 15) is 9.59 Å². The quantitative estimate of drug-likeness (QED) is 0.865. The summed E-state index contributed by atoms with van der Waals surface area (Å²) in [4.78, 5) is 24.8. The largest absolute Gasteiger partial charge is 0.378 e. The molecule has 1 aromatic rings. The molecular weight excluding hydrogens is 330 g/mol. The molecule has 2 unspecified atom stereocenters. The summed E-state index contributed by atoms with van der Waals surface area (Å²) in [6.07, 6.45) is 3.23. The fraction of sp³-hybridized carbons (Fsp3) is 0.550. The zero-order valence-corrected chi connectivity index (χ0v) is 15.2. The van der Waals surface area contributed by atoms with Crippen LogP contribution in [0.4, 0.5) is 0 Å². The Morgan fingerprint density at radius 2 is 1.96 bits per heavy atom. The first-order valence-electron chi connectivity index (χ1n) is 9.22. The normalized spacial score (nSPS) is 27.7. The van der Waals surface area contributed by atoms with E-state index in [1.54, 1.807) is 25.1 Å². The summed E-state index contributed by atoms with van der Waals surface area (Å²) < 4.78 is 5.56. The topological polar surface area (TPSA) is 91.2 Å². The first-order chi connectivity index (χ1) is 12.5. The van der Waals surface area contributed by atoms with Crippen LogP contribution in [0.3, 0.4) is 0 Å². The van der Waals surface area contributed by atoms with Crippen LogP contribution < -0.4 is 10.6 Å². The van der Waals surface area contributed by atoms with Crippen LogP contribution in [-0.2, 0) is 9.53 Å². The lowest BCUT2D eigenvalue weighted by atomic mass is 9.85. The molecular formula is C20H25N3O3. The molecule has 6 heteroatoms. The third-order valence-corrected chi connectivity index (χ3v) is 5.46. The van der Waals surface area contributed by atoms with Gasteiger partial charge in [0.05, 0.1) is 23.7 Å². The molecule has 1 heterocycles. The minimum atomic E-state index is -0.163. The van der Waals surface area contributed by atoms with E-state index in [0.717, 1.165) is 32.3 Å². The number of carbonyl (C=O) groups excluding carboxylic acids is 2. The van der Waals surface area contributed by atoms with Crippen LogP contribution in [0.2, 0.25) is 0 Å². The second kappa shape index (κ2) is 7.88. The minimum absolute atomic E-state index is 0.0327. The van der Waals surface area contributed by atoms with Gasteiger partial charge in [-0.1, -0.05) is 6.07 Å². The molecule has 26 heavy (non-hydrogen) atoms. The predicted molar refractivity (Wildman–Crippen MR) is 96.5 cm³/mol. The van der Waals surface area contributed by atoms with Crippen molar-refractivity contribution in [3.8, 4) is 6.07 Å². The number of carbonyl (C=O) groups is 2. The Bertz CT molecular complexity index is 734. The summed E-state index contributed by atoms with van der Waals surface area (Å²) in [7, 11) is 0. The van der Waals surface area contributed by atoms with Crippen LogP contribution in [0, 0.1) is 24.2 Å². The van der Waals surface area contributed by atoms with E-state index in [-0.39, 0.29) is 35.9 Å². The van der Waals surface area contributed by atoms with Crippen LogP contribution in [0.1, 0.15) is 54.1 Å². The number of benzene rings is 1. The van der Waals surface area contributed by atoms with E-state index < -0.39 is 0 Å². The Labute approximate surface area is 153 Å². The standard InChI is InChI=1S/C20H25N3O3/c1-12-14(11-21)5-3-6-17(12)19(24)22-15-9-16(10-15)23-20(25)18-7-4-8-26-13(18)2/h3,5-6,13,15-16,18H,4,7-10H2,1-2H3,(H,22,24)(H,23,25). The number of nitrogens with one attached hydrogen (secondary N) is 2. The van der Waals surface area contributed by atoms with E-state index in [4.69, 9.17) is 10.00 Å². The molecule has 2 aliphatic rings. The molecule has 2 amide bonds. The van der Waals surface area contributed by atoms with Gasteiger partial charge in [-0.3, -0.25) is 9.59 Å². The minimum Gasteiger partial charge on any atom is -0.378 e. The van der Waals surface area contributed by atoms with Crippen molar-refractivity contribution < 1.29 is 14.3 Å². The maximum Gasteiger partial charge on any atom is 0.251 e. The van der Waals surface area contributed by atoms with E-state index in [1.165, 1.54) is 0 Å². The highest BCUT2D eigenvalue weighted by Gasteiger charge is 2.35. The maximum absolute atomic E-state index is 12.4. The molecule has 2 fully saturated rings. The van der Waals surface area contributed by atoms with E-state index >= 15 is 0 Å². The maximum atomic E-state index is 12.4. The van der Waals surface area contributed by atoms with Gasteiger partial charge in [-0.05, 0) is 57.2 Å². The molecule has 3 rings (SSSR count). The Balaban J connectivity index is 1.48. The highest BCUT2D eigenvalue weighted by atomic mass is 16.5. The summed E-state index contributed by atoms with van der Waals surface area (Å²) in [6.45, 7) is 4.46. The van der Waals surface area contributed by atoms with E-state index in [2.05, 4.69) is 16.7 Å². The third-order valence-electron chi connectivity index (χ3n) is 5.46. The van der Waals surface area contributed by atoms with Gasteiger partial charge in [0.15, 0.2) is 0 Å². The van der Waals surface area contributed by atoms with Gasteiger partial charge in [-0.15, -0.1) is 0 Å². The van der Waals surface area contributed by atoms with E-state index in [1.807, 2.05) is 6.92 Å². The fourth-order valence-corrected chi connectivity index (χ4v) is 3.70. The first kappa shape index (κ1) is 18.4. The molecule has 6 nitrogen and oxygen atoms in total. The number of rotatable bonds is 4. The van der Waals surface area contributed by atoms with Crippen LogP contribution in [0.25, 0.3) is 0 Å². The first-order valence-corrected chi connectivity index (χ1v) is 9.22. The predicted octanol–water partition coefficient (Wildman–Crippen LogP) is 2.06. The van der Waals surface area contributed by atoms with Crippen LogP contribution in [-0.4, -0.2) is 36.6 Å². The molecule has 0 spiro atoms. The van der Waals surface area contributed by atoms with Crippen molar-refractivity contribution in [1.29, 1.82) is 5.26 Å². The van der Waals surface area contributed by atoms with Crippen molar-refractivity contribution in [2.75, 3.05) is 6.61 Å². The molecule has 0 aromatic heterocycles. The monoisotopic (exact) mass is 355 g/mol. The molecule has 1 saturated carbocycles. The summed E-state index contributed by atoms with van der Waals surface area (Å²) >= 11 is 0. The Morgan fingerprint density at radius 1 is 1.23 bits per heavy atom. The molecule has 1 aromatic carbocycles. The molecule has 1 aliphatic carbocycles. The Kier molecular flexibility index (Phi) is 5.58. The van der Waals surface area contributed by atoms with Gasteiger partial charge in [0.2, 0.25) is 5.91 Å². The van der Waals surface area contributed by atoms with Crippen molar-refractivity contribution in [3.63, 3.8) is 0 Å². The molecule has 2 N–H and O–H groups in total. The second-order valence-electron chi connectivity index (χ2n) is 7.26. The van der Waals surface area contributed by atoms with Crippen LogP contribution >= 0.6 is 0 Å². The summed E-state index contributed by atoms with van der Waals surface area (Å²) in [6, 6.07) is 7.41. The summed E-state index contributed by atoms with van der Waals surface area (Å²) in [5.74, 6) is -0.179. The van der Waals surface area contributed by atoms with Crippen molar-refractivity contribution in [1.82, 2.24) is 10.6 Å². The summed E-state index contributed by atoms with van der Waals surface area (Å²) in [5, 5.41) is 15.1. The molecule has 1 aliphatic heterocycles. The summed E-state index contributed by atoms with van der Waals surface area (Å²) in [5.41, 5.74) is 1.74. The van der Waals surface area contributed by atoms with Crippen LogP contribution in [0.5, 0.6) is 0 Å². The molecule has 1 saturated heterocycles. The molecule has 0 bridgehead atoms. The van der Waals surface area contributed by atoms with Gasteiger partial charge in [-0.25, -0.2) is 0 Å². The Morgan fingerprint density at radius 3 is 2.65 bits per heavy atom. The fourth-order valence-electron chi connectivity index (χ4n) is 3.70.